The maximum Gasteiger partial charge on any atom is 0.279 e. The highest BCUT2D eigenvalue weighted by Gasteiger charge is 2.28. The molecule has 3 rings (SSSR count). The molecule has 190 valence electrons. The maximum atomic E-state index is 12.5. The Balaban J connectivity index is 1.45. The Hall–Kier alpha value is -2.95. The summed E-state index contributed by atoms with van der Waals surface area (Å²) in [6.45, 7) is 4.86. The van der Waals surface area contributed by atoms with Crippen molar-refractivity contribution in [3.05, 3.63) is 40.7 Å². The van der Waals surface area contributed by atoms with Gasteiger partial charge in [-0.3, -0.25) is 9.79 Å². The molecule has 1 aliphatic rings. The number of aromatic nitrogens is 2. The van der Waals surface area contributed by atoms with Crippen LogP contribution in [0.15, 0.2) is 29.3 Å². The van der Waals surface area contributed by atoms with Gasteiger partial charge < -0.3 is 31.7 Å². The predicted molar refractivity (Wildman–Crippen MR) is 135 cm³/mol. The molecule has 0 aliphatic carbocycles. The third-order valence-corrected chi connectivity index (χ3v) is 6.19. The number of halogens is 1. The number of benzene rings is 1. The number of hydrogen-bond donors (Lipinski definition) is 5. The Kier molecular flexibility index (Phi) is 8.87. The van der Waals surface area contributed by atoms with Crippen molar-refractivity contribution in [2.75, 3.05) is 31.2 Å². The molecule has 1 aliphatic heterocycles. The fraction of sp³-hybridized carbons (Fsp3) is 0.500. The van der Waals surface area contributed by atoms with Crippen LogP contribution in [-0.2, 0) is 6.42 Å². The standard InChI is InChI=1S/C24H33ClN6O4/c1-24(2,8-7-14-3-5-17(6-4-14)35-13-16(33)12-32)10-15-9-18(28-11-15)29-23(34)19-21(26)31-22(27)20(25)30-19/h3-6,15-16,32-33H,7-13H2,1-2H3,(H4,26,27,31)(H,28,29,34)/t15-,16-/m0/s1. The summed E-state index contributed by atoms with van der Waals surface area (Å²) < 4.78 is 5.45. The van der Waals surface area contributed by atoms with Gasteiger partial charge >= 0.3 is 0 Å². The van der Waals surface area contributed by atoms with Crippen LogP contribution in [0.3, 0.4) is 0 Å². The van der Waals surface area contributed by atoms with E-state index in [9.17, 15) is 9.90 Å². The lowest BCUT2D eigenvalue weighted by atomic mass is 9.78. The molecule has 2 aromatic rings. The number of anilines is 2. The van der Waals surface area contributed by atoms with E-state index in [1.807, 2.05) is 24.3 Å². The van der Waals surface area contributed by atoms with Gasteiger partial charge in [0.1, 0.15) is 24.3 Å². The van der Waals surface area contributed by atoms with Crippen LogP contribution >= 0.6 is 11.6 Å². The Morgan fingerprint density at radius 2 is 1.97 bits per heavy atom. The molecule has 10 nitrogen and oxygen atoms in total. The van der Waals surface area contributed by atoms with E-state index in [0.717, 1.165) is 19.3 Å². The van der Waals surface area contributed by atoms with Gasteiger partial charge in [0.15, 0.2) is 22.5 Å². The van der Waals surface area contributed by atoms with Crippen LogP contribution in [0.1, 0.15) is 49.2 Å². The number of carbonyl (C=O) groups excluding carboxylic acids is 1. The summed E-state index contributed by atoms with van der Waals surface area (Å²) in [4.78, 5) is 24.8. The molecule has 1 amide bonds. The van der Waals surface area contributed by atoms with E-state index in [2.05, 4.69) is 34.1 Å². The minimum absolute atomic E-state index is 0.0246. The number of nitrogens with one attached hydrogen (secondary N) is 1. The van der Waals surface area contributed by atoms with E-state index in [0.29, 0.717) is 30.5 Å². The van der Waals surface area contributed by atoms with Crippen molar-refractivity contribution in [2.24, 2.45) is 16.3 Å². The highest BCUT2D eigenvalue weighted by Crippen LogP contribution is 2.34. The number of nitrogen functional groups attached to an aromatic ring is 2. The molecule has 0 saturated heterocycles. The van der Waals surface area contributed by atoms with E-state index in [-0.39, 0.29) is 41.1 Å². The average molecular weight is 505 g/mol. The van der Waals surface area contributed by atoms with Gasteiger partial charge in [0, 0.05) is 13.0 Å². The summed E-state index contributed by atoms with van der Waals surface area (Å²) in [5.41, 5.74) is 12.5. The number of amidine groups is 1. The summed E-state index contributed by atoms with van der Waals surface area (Å²) in [5, 5.41) is 20.9. The van der Waals surface area contributed by atoms with E-state index in [4.69, 9.17) is 32.9 Å². The van der Waals surface area contributed by atoms with E-state index >= 15 is 0 Å². The molecule has 0 spiro atoms. The van der Waals surface area contributed by atoms with Gasteiger partial charge in [-0.2, -0.15) is 0 Å². The molecule has 0 radical (unpaired) electrons. The normalized spacial score (nSPS) is 16.6. The Bertz CT molecular complexity index is 1060. The fourth-order valence-electron chi connectivity index (χ4n) is 4.03. The molecule has 7 N–H and O–H groups in total. The molecule has 0 bridgehead atoms. The first kappa shape index (κ1) is 26.7. The molecular weight excluding hydrogens is 472 g/mol. The smallest absolute Gasteiger partial charge is 0.279 e. The van der Waals surface area contributed by atoms with Crippen LogP contribution in [0.4, 0.5) is 11.6 Å². The second-order valence-corrected chi connectivity index (χ2v) is 9.96. The van der Waals surface area contributed by atoms with Gasteiger partial charge in [0.25, 0.3) is 5.91 Å². The van der Waals surface area contributed by atoms with E-state index in [1.54, 1.807) is 0 Å². The number of ether oxygens (including phenoxy) is 1. The molecule has 35 heavy (non-hydrogen) atoms. The molecule has 1 aromatic heterocycles. The third kappa shape index (κ3) is 7.78. The van der Waals surface area contributed by atoms with Gasteiger partial charge in [-0.15, -0.1) is 0 Å². The zero-order valence-corrected chi connectivity index (χ0v) is 20.8. The summed E-state index contributed by atoms with van der Waals surface area (Å²) in [6, 6.07) is 7.78. The van der Waals surface area contributed by atoms with Gasteiger partial charge in [-0.05, 0) is 48.3 Å². The molecule has 2 atom stereocenters. The van der Waals surface area contributed by atoms with E-state index < -0.39 is 12.0 Å². The number of aliphatic hydroxyl groups is 2. The first-order valence-corrected chi connectivity index (χ1v) is 11.9. The SMILES string of the molecule is CC(C)(CCc1ccc(OC[C@@H](O)CO)cc1)C[C@H]1CN=C(NC(=O)c2nc(Cl)c(N)nc2N)C1. The number of nitrogens with two attached hydrogens (primary N) is 2. The van der Waals surface area contributed by atoms with Gasteiger partial charge in [0.2, 0.25) is 0 Å². The van der Waals surface area contributed by atoms with Crippen molar-refractivity contribution in [3.8, 4) is 5.75 Å². The zero-order chi connectivity index (χ0) is 25.6. The average Bonchev–Trinajstić information content (AvgIpc) is 3.24. The lowest BCUT2D eigenvalue weighted by Crippen LogP contribution is -2.32. The lowest BCUT2D eigenvalue weighted by Gasteiger charge is -2.27. The monoisotopic (exact) mass is 504 g/mol. The third-order valence-electron chi connectivity index (χ3n) is 5.91. The number of aliphatic imine (C=N–C) groups is 1. The Labute approximate surface area is 209 Å². The number of aliphatic hydroxyl groups excluding tert-OH is 2. The van der Waals surface area contributed by atoms with Crippen molar-refractivity contribution in [3.63, 3.8) is 0 Å². The highest BCUT2D eigenvalue weighted by atomic mass is 35.5. The summed E-state index contributed by atoms with van der Waals surface area (Å²) in [7, 11) is 0. The minimum Gasteiger partial charge on any atom is -0.491 e. The van der Waals surface area contributed by atoms with Crippen LogP contribution in [-0.4, -0.2) is 57.8 Å². The fourth-order valence-corrected chi connectivity index (χ4v) is 4.16. The van der Waals surface area contributed by atoms with Crippen molar-refractivity contribution in [2.45, 2.75) is 45.6 Å². The zero-order valence-electron chi connectivity index (χ0n) is 20.0. The molecule has 0 saturated carbocycles. The predicted octanol–water partition coefficient (Wildman–Crippen LogP) is 2.22. The molecule has 2 heterocycles. The van der Waals surface area contributed by atoms with Crippen LogP contribution in [0.5, 0.6) is 5.75 Å². The number of amides is 1. The molecule has 11 heteroatoms. The van der Waals surface area contributed by atoms with Crippen molar-refractivity contribution < 1.29 is 19.7 Å². The molecular formula is C24H33ClN6O4. The molecule has 1 aromatic carbocycles. The number of rotatable bonds is 10. The Morgan fingerprint density at radius 3 is 2.66 bits per heavy atom. The van der Waals surface area contributed by atoms with Crippen molar-refractivity contribution in [1.82, 2.24) is 15.3 Å². The number of hydrogen-bond acceptors (Lipinski definition) is 9. The van der Waals surface area contributed by atoms with Gasteiger partial charge in [-0.1, -0.05) is 37.6 Å². The summed E-state index contributed by atoms with van der Waals surface area (Å²) >= 11 is 5.87. The molecule has 0 fully saturated rings. The first-order chi connectivity index (χ1) is 16.6. The van der Waals surface area contributed by atoms with Crippen LogP contribution in [0.25, 0.3) is 0 Å². The second-order valence-electron chi connectivity index (χ2n) is 9.60. The van der Waals surface area contributed by atoms with Gasteiger partial charge in [0.05, 0.1) is 6.61 Å². The van der Waals surface area contributed by atoms with Crippen LogP contribution < -0.4 is 21.5 Å². The lowest BCUT2D eigenvalue weighted by molar-refractivity contribution is 0.0536. The van der Waals surface area contributed by atoms with Gasteiger partial charge in [-0.25, -0.2) is 9.97 Å². The van der Waals surface area contributed by atoms with Crippen molar-refractivity contribution in [1.29, 1.82) is 0 Å². The van der Waals surface area contributed by atoms with Crippen molar-refractivity contribution >= 4 is 35.0 Å². The first-order valence-electron chi connectivity index (χ1n) is 11.5. The Morgan fingerprint density at radius 1 is 1.26 bits per heavy atom. The topological polar surface area (TPSA) is 169 Å². The van der Waals surface area contributed by atoms with Crippen LogP contribution in [0.2, 0.25) is 5.15 Å². The van der Waals surface area contributed by atoms with E-state index in [1.165, 1.54) is 5.56 Å². The number of nitrogens with zero attached hydrogens (tertiary/aromatic N) is 3. The van der Waals surface area contributed by atoms with Crippen LogP contribution in [0, 0.1) is 11.3 Å². The number of aryl methyl sites for hydroxylation is 1. The molecule has 0 unspecified atom stereocenters. The summed E-state index contributed by atoms with van der Waals surface area (Å²) in [6.07, 6.45) is 2.65. The number of carbonyl (C=O) groups is 1. The summed E-state index contributed by atoms with van der Waals surface area (Å²) in [5.74, 6) is 0.978. The maximum absolute atomic E-state index is 12.5. The highest BCUT2D eigenvalue weighted by molar-refractivity contribution is 6.31. The quantitative estimate of drug-likeness (QED) is 0.328. The largest absolute Gasteiger partial charge is 0.491 e. The minimum atomic E-state index is -0.883. The second kappa shape index (κ2) is 11.7.